The summed E-state index contributed by atoms with van der Waals surface area (Å²) in [7, 11) is 0. The van der Waals surface area contributed by atoms with Gasteiger partial charge in [0.25, 0.3) is 0 Å². The molecule has 0 aromatic carbocycles. The first-order chi connectivity index (χ1) is 2.41. The van der Waals surface area contributed by atoms with Gasteiger partial charge in [0.15, 0.2) is 6.19 Å². The van der Waals surface area contributed by atoms with Crippen molar-refractivity contribution in [3.05, 3.63) is 0 Å². The SMILES string of the molecule is C=O.N#CN.[Ca]. The number of nitrogens with two attached hydrogens (primary N) is 1. The second kappa shape index (κ2) is 62.5. The molecule has 0 aliphatic rings. The van der Waals surface area contributed by atoms with E-state index in [2.05, 4.69) is 5.73 Å². The molecule has 0 amide bonds. The smallest absolute Gasteiger partial charge is 0.173 e. The predicted octanol–water partition coefficient (Wildman–Crippen LogP) is -1.14. The maximum Gasteiger partial charge on any atom is 0.173 e. The van der Waals surface area contributed by atoms with Gasteiger partial charge in [-0.05, 0) is 0 Å². The summed E-state index contributed by atoms with van der Waals surface area (Å²) in [5, 5.41) is 7.10. The van der Waals surface area contributed by atoms with Gasteiger partial charge in [0.2, 0.25) is 0 Å². The number of carbonyl (C=O) groups excluding carboxylic acids is 1. The topological polar surface area (TPSA) is 66.9 Å². The minimum absolute atomic E-state index is 0. The Morgan fingerprint density at radius 3 is 1.67 bits per heavy atom. The molecule has 30 valence electrons. The Balaban J connectivity index is -0.0000000275. The van der Waals surface area contributed by atoms with Crippen LogP contribution >= 0.6 is 0 Å². The summed E-state index contributed by atoms with van der Waals surface area (Å²) in [6.45, 7) is 2.00. The van der Waals surface area contributed by atoms with E-state index in [1.54, 1.807) is 0 Å². The van der Waals surface area contributed by atoms with Crippen molar-refractivity contribution >= 4 is 44.5 Å². The molecule has 0 spiro atoms. The molecule has 2 N–H and O–H groups in total. The number of nitrogens with zero attached hydrogens (tertiary/aromatic N) is 1. The molecule has 0 aliphatic carbocycles. The van der Waals surface area contributed by atoms with Crippen LogP contribution in [0.1, 0.15) is 0 Å². The summed E-state index contributed by atoms with van der Waals surface area (Å²) in [6, 6.07) is 0. The maximum absolute atomic E-state index is 8.00. The minimum atomic E-state index is 0. The molecule has 0 heterocycles. The molecule has 0 bridgehead atoms. The monoisotopic (exact) mass is 112 g/mol. The molecular weight excluding hydrogens is 108 g/mol. The molecule has 0 aromatic rings. The number of rotatable bonds is 0. The summed E-state index contributed by atoms with van der Waals surface area (Å²) in [5.74, 6) is 0. The fourth-order valence-corrected chi connectivity index (χ4v) is 0. The molecule has 6 heavy (non-hydrogen) atoms. The Kier molecular flexibility index (Phi) is 170. The van der Waals surface area contributed by atoms with E-state index in [1.165, 1.54) is 6.19 Å². The number of carbonyl (C=O) groups is 1. The first-order valence-electron chi connectivity index (χ1n) is 0.801. The molecule has 4 heteroatoms. The average Bonchev–Trinajstić information content (AvgIpc) is 1.46. The van der Waals surface area contributed by atoms with Crippen LogP contribution in [0.3, 0.4) is 0 Å². The van der Waals surface area contributed by atoms with Crippen LogP contribution in [0.2, 0.25) is 0 Å². The summed E-state index contributed by atoms with van der Waals surface area (Å²) in [5.41, 5.74) is 4.15. The zero-order chi connectivity index (χ0) is 4.71. The fraction of sp³-hybridized carbons (Fsp3) is 0. The Hall–Kier alpha value is 0.220. The van der Waals surface area contributed by atoms with Crippen LogP contribution in [-0.2, 0) is 4.79 Å². The first kappa shape index (κ1) is 16.3. The van der Waals surface area contributed by atoms with Gasteiger partial charge < -0.3 is 10.5 Å². The van der Waals surface area contributed by atoms with Gasteiger partial charge in [0, 0.05) is 37.7 Å². The van der Waals surface area contributed by atoms with Crippen molar-refractivity contribution in [2.24, 2.45) is 5.73 Å². The number of nitriles is 1. The molecule has 2 radical (unpaired) electrons. The average molecular weight is 112 g/mol. The van der Waals surface area contributed by atoms with Gasteiger partial charge in [-0.25, -0.2) is 0 Å². The van der Waals surface area contributed by atoms with Gasteiger partial charge in [-0.1, -0.05) is 0 Å². The Morgan fingerprint density at radius 2 is 1.67 bits per heavy atom. The summed E-state index contributed by atoms with van der Waals surface area (Å²) in [6.07, 6.45) is 1.25. The van der Waals surface area contributed by atoms with E-state index in [1.807, 2.05) is 6.79 Å². The Labute approximate surface area is 66.1 Å². The van der Waals surface area contributed by atoms with Crippen molar-refractivity contribution in [2.45, 2.75) is 0 Å². The van der Waals surface area contributed by atoms with Crippen LogP contribution in [0.5, 0.6) is 0 Å². The largest absolute Gasteiger partial charge is 0.337 e. The van der Waals surface area contributed by atoms with Crippen molar-refractivity contribution < 1.29 is 4.79 Å². The van der Waals surface area contributed by atoms with Crippen LogP contribution in [0.4, 0.5) is 0 Å². The Bertz CT molecular complexity index is 41.3. The minimum Gasteiger partial charge on any atom is -0.337 e. The van der Waals surface area contributed by atoms with E-state index in [0.717, 1.165) is 0 Å². The van der Waals surface area contributed by atoms with Crippen LogP contribution in [0.15, 0.2) is 0 Å². The molecule has 0 rings (SSSR count). The van der Waals surface area contributed by atoms with Gasteiger partial charge in [-0.3, -0.25) is 0 Å². The zero-order valence-corrected chi connectivity index (χ0v) is 5.56. The molecule has 3 nitrogen and oxygen atoms in total. The normalized spacial score (nSPS) is 1.83. The third kappa shape index (κ3) is 906. The van der Waals surface area contributed by atoms with E-state index in [-0.39, 0.29) is 37.7 Å². The van der Waals surface area contributed by atoms with Crippen molar-refractivity contribution in [1.82, 2.24) is 0 Å². The van der Waals surface area contributed by atoms with E-state index < -0.39 is 0 Å². The van der Waals surface area contributed by atoms with Gasteiger partial charge in [0.05, 0.1) is 0 Å². The predicted molar refractivity (Wildman–Crippen MR) is 22.7 cm³/mol. The summed E-state index contributed by atoms with van der Waals surface area (Å²) < 4.78 is 0. The molecule has 0 unspecified atom stereocenters. The van der Waals surface area contributed by atoms with Gasteiger partial charge in [-0.2, -0.15) is 5.26 Å². The van der Waals surface area contributed by atoms with Crippen molar-refractivity contribution in [2.75, 3.05) is 0 Å². The van der Waals surface area contributed by atoms with E-state index in [4.69, 9.17) is 10.1 Å². The van der Waals surface area contributed by atoms with Gasteiger partial charge >= 0.3 is 0 Å². The molecular formula is C2H4CaN2O. The number of hydrogen-bond donors (Lipinski definition) is 1. The van der Waals surface area contributed by atoms with Crippen molar-refractivity contribution in [3.8, 4) is 6.19 Å². The third-order valence-corrected chi connectivity index (χ3v) is 0. The summed E-state index contributed by atoms with van der Waals surface area (Å²) in [4.78, 5) is 8.00. The van der Waals surface area contributed by atoms with Gasteiger partial charge in [-0.15, -0.1) is 0 Å². The second-order valence-corrected chi connectivity index (χ2v) is 0.129. The molecule has 0 aliphatic heterocycles. The van der Waals surface area contributed by atoms with Crippen LogP contribution in [0, 0.1) is 11.5 Å². The first-order valence-corrected chi connectivity index (χ1v) is 0.801. The zero-order valence-electron chi connectivity index (χ0n) is 3.35. The van der Waals surface area contributed by atoms with Crippen LogP contribution in [-0.4, -0.2) is 44.5 Å². The molecule has 0 aromatic heterocycles. The van der Waals surface area contributed by atoms with E-state index in [0.29, 0.717) is 0 Å². The van der Waals surface area contributed by atoms with Crippen LogP contribution < -0.4 is 5.73 Å². The summed E-state index contributed by atoms with van der Waals surface area (Å²) >= 11 is 0. The fourth-order valence-electron chi connectivity index (χ4n) is 0. The quantitative estimate of drug-likeness (QED) is 0.245. The van der Waals surface area contributed by atoms with Gasteiger partial charge in [0.1, 0.15) is 6.79 Å². The molecule has 0 saturated carbocycles. The van der Waals surface area contributed by atoms with E-state index in [9.17, 15) is 0 Å². The van der Waals surface area contributed by atoms with E-state index >= 15 is 0 Å². The molecule has 0 fully saturated rings. The molecule has 0 atom stereocenters. The standard InChI is InChI=1S/CH2N2.CH2O.Ca/c2-1-3;1-2;/h2H2;1H2;. The Morgan fingerprint density at radius 1 is 1.67 bits per heavy atom. The number of hydrogen-bond acceptors (Lipinski definition) is 3. The second-order valence-electron chi connectivity index (χ2n) is 0.129. The van der Waals surface area contributed by atoms with Crippen molar-refractivity contribution in [1.29, 1.82) is 5.26 Å². The third-order valence-electron chi connectivity index (χ3n) is 0. The van der Waals surface area contributed by atoms with Crippen LogP contribution in [0.25, 0.3) is 0 Å². The maximum atomic E-state index is 8.00. The van der Waals surface area contributed by atoms with Crippen molar-refractivity contribution in [3.63, 3.8) is 0 Å². The molecule has 0 saturated heterocycles.